The Morgan fingerprint density at radius 2 is 2.00 bits per heavy atom. The third kappa shape index (κ3) is 3.71. The highest BCUT2D eigenvalue weighted by atomic mass is 31.1. The van der Waals surface area contributed by atoms with Crippen LogP contribution in [0.3, 0.4) is 0 Å². The third-order valence-corrected chi connectivity index (χ3v) is 0.611. The predicted octanol–water partition coefficient (Wildman–Crippen LogP) is 1.39. The van der Waals surface area contributed by atoms with E-state index in [0.29, 0.717) is 0 Å². The topological polar surface area (TPSA) is 17.1 Å². The van der Waals surface area contributed by atoms with Crippen LogP contribution in [-0.2, 0) is 4.57 Å². The lowest BCUT2D eigenvalue weighted by Gasteiger charge is -1.51. The Labute approximate surface area is 31.7 Å². The van der Waals surface area contributed by atoms with E-state index in [0.717, 1.165) is 0 Å². The van der Waals surface area contributed by atoms with Crippen LogP contribution >= 0.6 is 7.42 Å². The van der Waals surface area contributed by atoms with Gasteiger partial charge in [0.2, 0.25) is 0 Å². The molecule has 0 radical (unpaired) electrons. The van der Waals surface area contributed by atoms with E-state index in [1.165, 1.54) is 5.82 Å². The summed E-state index contributed by atoms with van der Waals surface area (Å²) in [6, 6.07) is 0. The van der Waals surface area contributed by atoms with Crippen molar-refractivity contribution in [2.75, 3.05) is 0 Å². The minimum atomic E-state index is -1.33. The van der Waals surface area contributed by atoms with Crippen LogP contribution in [0.25, 0.3) is 0 Å². The van der Waals surface area contributed by atoms with Gasteiger partial charge < -0.3 is 0 Å². The lowest BCUT2D eigenvalue weighted by atomic mass is 11.3. The van der Waals surface area contributed by atoms with Gasteiger partial charge in [0.1, 0.15) is 7.42 Å². The number of hydrogen-bond acceptors (Lipinski definition) is 1. The molecular weight excluding hydrogens is 83.0 g/mol. The van der Waals surface area contributed by atoms with Gasteiger partial charge in [0.25, 0.3) is 0 Å². The van der Waals surface area contributed by atoms with Gasteiger partial charge in [0.15, 0.2) is 0 Å². The second-order valence-electron chi connectivity index (χ2n) is 0.600. The van der Waals surface area contributed by atoms with Crippen molar-refractivity contribution in [1.82, 2.24) is 0 Å². The summed E-state index contributed by atoms with van der Waals surface area (Å²) < 4.78 is 9.73. The van der Waals surface area contributed by atoms with Gasteiger partial charge in [-0.2, -0.15) is 0 Å². The summed E-state index contributed by atoms with van der Waals surface area (Å²) in [6.45, 7) is 3.21. The zero-order valence-corrected chi connectivity index (χ0v) is 3.74. The first-order valence-corrected chi connectivity index (χ1v) is 2.68. The average Bonchev–Trinajstić information content (AvgIpc) is 1.38. The molecule has 0 aromatic heterocycles. The van der Waals surface area contributed by atoms with Crippen LogP contribution < -0.4 is 0 Å². The molecular formula is C3H5OP. The highest BCUT2D eigenvalue weighted by Crippen LogP contribution is 1.97. The molecule has 0 rings (SSSR count). The molecule has 0 spiro atoms. The molecule has 2 heteroatoms. The Morgan fingerprint density at radius 3 is 2.00 bits per heavy atom. The summed E-state index contributed by atoms with van der Waals surface area (Å²) in [4.78, 5) is 0. The van der Waals surface area contributed by atoms with Gasteiger partial charge in [-0.3, -0.25) is 4.57 Å². The second-order valence-corrected chi connectivity index (χ2v) is 1.80. The average molecular weight is 88.0 g/mol. The van der Waals surface area contributed by atoms with E-state index < -0.39 is 7.42 Å². The van der Waals surface area contributed by atoms with Crippen LogP contribution in [-0.4, -0.2) is 6.30 Å². The van der Waals surface area contributed by atoms with Gasteiger partial charge in [0, 0.05) is 0 Å². The molecule has 0 saturated heterocycles. The standard InChI is InChI=1S/C3H5OP/c1-3-5(2)4/h3H,1-2H2. The molecule has 0 saturated carbocycles. The first-order chi connectivity index (χ1) is 2.27. The van der Waals surface area contributed by atoms with Gasteiger partial charge in [-0.05, 0) is 12.1 Å². The Balaban J connectivity index is 3.69. The van der Waals surface area contributed by atoms with Crippen molar-refractivity contribution in [2.45, 2.75) is 0 Å². The van der Waals surface area contributed by atoms with Crippen molar-refractivity contribution in [3.63, 3.8) is 0 Å². The maximum Gasteiger partial charge on any atom is 0.113 e. The van der Waals surface area contributed by atoms with Gasteiger partial charge in [0.05, 0.1) is 0 Å². The van der Waals surface area contributed by atoms with E-state index in [1.807, 2.05) is 0 Å². The minimum absolute atomic E-state index is 1.31. The highest BCUT2D eigenvalue weighted by Gasteiger charge is 1.53. The molecule has 1 unspecified atom stereocenters. The highest BCUT2D eigenvalue weighted by molar-refractivity contribution is 7.46. The Kier molecular flexibility index (Phi) is 1.86. The molecule has 28 valence electrons. The third-order valence-electron chi connectivity index (χ3n) is 0.204. The molecule has 0 bridgehead atoms. The Bertz CT molecular complexity index is 83.1. The fraction of sp³-hybridized carbons (Fsp3) is 0. The van der Waals surface area contributed by atoms with Crippen molar-refractivity contribution in [3.05, 3.63) is 12.4 Å². The van der Waals surface area contributed by atoms with E-state index in [1.54, 1.807) is 0 Å². The number of hydrogen-bond donors (Lipinski definition) is 0. The van der Waals surface area contributed by atoms with E-state index in [-0.39, 0.29) is 0 Å². The molecule has 0 aliphatic heterocycles. The van der Waals surface area contributed by atoms with E-state index in [9.17, 15) is 4.57 Å². The summed E-state index contributed by atoms with van der Waals surface area (Å²) in [5.41, 5.74) is 0. The zero-order valence-electron chi connectivity index (χ0n) is 2.85. The van der Waals surface area contributed by atoms with Crippen LogP contribution in [0, 0.1) is 0 Å². The molecule has 0 N–H and O–H groups in total. The zero-order chi connectivity index (χ0) is 4.28. The maximum atomic E-state index is 9.73. The van der Waals surface area contributed by atoms with E-state index >= 15 is 0 Å². The minimum Gasteiger partial charge on any atom is -0.278 e. The molecule has 0 amide bonds. The SMILES string of the molecule is C=CP(=C)=O. The normalized spacial score (nSPS) is 10.0. The second kappa shape index (κ2) is 1.98. The Morgan fingerprint density at radius 1 is 1.80 bits per heavy atom. The summed E-state index contributed by atoms with van der Waals surface area (Å²) >= 11 is 0. The first kappa shape index (κ1) is 4.71. The summed E-state index contributed by atoms with van der Waals surface area (Å²) in [5.74, 6) is 1.31. The Hall–Kier alpha value is -0.290. The lowest BCUT2D eigenvalue weighted by Crippen LogP contribution is -1.19. The molecule has 0 aliphatic rings. The van der Waals surface area contributed by atoms with Crippen molar-refractivity contribution >= 4 is 13.7 Å². The monoisotopic (exact) mass is 88.0 g/mol. The van der Waals surface area contributed by atoms with Crippen molar-refractivity contribution < 1.29 is 4.57 Å². The molecule has 0 fully saturated rings. The number of rotatable bonds is 1. The quantitative estimate of drug-likeness (QED) is 0.442. The van der Waals surface area contributed by atoms with Crippen LogP contribution in [0.4, 0.5) is 0 Å². The van der Waals surface area contributed by atoms with Crippen molar-refractivity contribution in [1.29, 1.82) is 0 Å². The van der Waals surface area contributed by atoms with Gasteiger partial charge in [-0.1, -0.05) is 6.58 Å². The fourth-order valence-corrected chi connectivity index (χ4v) is 0. The molecule has 1 atom stereocenters. The van der Waals surface area contributed by atoms with Crippen LogP contribution in [0.1, 0.15) is 0 Å². The fourth-order valence-electron chi connectivity index (χ4n) is 0. The molecule has 0 heterocycles. The largest absolute Gasteiger partial charge is 0.278 e. The van der Waals surface area contributed by atoms with E-state index in [2.05, 4.69) is 12.9 Å². The van der Waals surface area contributed by atoms with E-state index in [4.69, 9.17) is 0 Å². The molecule has 1 nitrogen and oxygen atoms in total. The summed E-state index contributed by atoms with van der Waals surface area (Å²) in [6.07, 6.45) is 3.15. The van der Waals surface area contributed by atoms with Gasteiger partial charge in [-0.15, -0.1) is 0 Å². The predicted molar refractivity (Wildman–Crippen MR) is 24.9 cm³/mol. The van der Waals surface area contributed by atoms with Gasteiger partial charge in [-0.25, -0.2) is 0 Å². The smallest absolute Gasteiger partial charge is 0.113 e. The molecule has 5 heavy (non-hydrogen) atoms. The van der Waals surface area contributed by atoms with Crippen LogP contribution in [0.2, 0.25) is 0 Å². The molecule has 0 aromatic carbocycles. The summed E-state index contributed by atoms with van der Waals surface area (Å²) in [7, 11) is -1.33. The van der Waals surface area contributed by atoms with Crippen molar-refractivity contribution in [3.8, 4) is 0 Å². The van der Waals surface area contributed by atoms with Crippen LogP contribution in [0.15, 0.2) is 12.4 Å². The molecule has 0 aliphatic carbocycles. The summed E-state index contributed by atoms with van der Waals surface area (Å²) in [5, 5.41) is 0. The van der Waals surface area contributed by atoms with Crippen LogP contribution in [0.5, 0.6) is 0 Å². The van der Waals surface area contributed by atoms with Crippen molar-refractivity contribution in [2.24, 2.45) is 0 Å². The molecule has 0 aromatic rings. The first-order valence-electron chi connectivity index (χ1n) is 1.17. The maximum absolute atomic E-state index is 9.73. The van der Waals surface area contributed by atoms with Gasteiger partial charge >= 0.3 is 0 Å². The lowest BCUT2D eigenvalue weighted by molar-refractivity contribution is 0.601.